The lowest BCUT2D eigenvalue weighted by Crippen LogP contribution is -1.89. The van der Waals surface area contributed by atoms with E-state index in [0.717, 1.165) is 5.39 Å². The van der Waals surface area contributed by atoms with E-state index in [1.807, 2.05) is 6.07 Å². The fourth-order valence-corrected chi connectivity index (χ4v) is 1.12. The van der Waals surface area contributed by atoms with E-state index in [4.69, 9.17) is 6.48 Å². The fourth-order valence-electron chi connectivity index (χ4n) is 1.12. The Bertz CT molecular complexity index is 425. The molecule has 0 aliphatic heterocycles. The number of aromatic nitrogens is 2. The van der Waals surface area contributed by atoms with Crippen LogP contribution in [0.3, 0.4) is 0 Å². The van der Waals surface area contributed by atoms with Crippen LogP contribution >= 0.6 is 0 Å². The standard InChI is InChI=1S/C9H8N2O/c12-6-8-5-10-4-7-2-1-3-11-9(7)8/h1-5,12H,6H2/i6D/t6-/m0/s1. The smallest absolute Gasteiger partial charge is 0.0787 e. The molecule has 1 N–H and O–H groups in total. The Morgan fingerprint density at radius 3 is 3.25 bits per heavy atom. The first-order chi connectivity index (χ1) is 6.29. The van der Waals surface area contributed by atoms with Gasteiger partial charge in [-0.25, -0.2) is 0 Å². The fraction of sp³-hybridized carbons (Fsp3) is 0.111. The van der Waals surface area contributed by atoms with Crippen molar-refractivity contribution in [3.63, 3.8) is 0 Å². The second-order valence-corrected chi connectivity index (χ2v) is 2.43. The Morgan fingerprint density at radius 1 is 1.50 bits per heavy atom. The molecule has 3 nitrogen and oxygen atoms in total. The molecule has 0 aliphatic carbocycles. The van der Waals surface area contributed by atoms with E-state index in [1.165, 1.54) is 6.20 Å². The average Bonchev–Trinajstić information content (AvgIpc) is 2.17. The van der Waals surface area contributed by atoms with Crippen LogP contribution in [0.1, 0.15) is 6.93 Å². The molecule has 0 amide bonds. The molecule has 0 fully saturated rings. The summed E-state index contributed by atoms with van der Waals surface area (Å²) >= 11 is 0. The Hall–Kier alpha value is -1.48. The second kappa shape index (κ2) is 2.87. The van der Waals surface area contributed by atoms with Gasteiger partial charge in [0, 0.05) is 29.5 Å². The largest absolute Gasteiger partial charge is 0.392 e. The number of nitrogens with zero attached hydrogens (tertiary/aromatic N) is 2. The molecule has 0 aromatic carbocycles. The number of aliphatic hydroxyl groups excluding tert-OH is 1. The van der Waals surface area contributed by atoms with Crippen LogP contribution in [0, 0.1) is 0 Å². The van der Waals surface area contributed by atoms with Gasteiger partial charge in [0.15, 0.2) is 0 Å². The third kappa shape index (κ3) is 1.04. The predicted molar refractivity (Wildman–Crippen MR) is 45.5 cm³/mol. The third-order valence-electron chi connectivity index (χ3n) is 1.68. The third-order valence-corrected chi connectivity index (χ3v) is 1.68. The monoisotopic (exact) mass is 161 g/mol. The minimum absolute atomic E-state index is 0.443. The lowest BCUT2D eigenvalue weighted by atomic mass is 10.2. The molecule has 12 heavy (non-hydrogen) atoms. The summed E-state index contributed by atoms with van der Waals surface area (Å²) in [6.45, 7) is -1.27. The normalized spacial score (nSPS) is 14.2. The van der Waals surface area contributed by atoms with Crippen LogP contribution < -0.4 is 0 Å². The summed E-state index contributed by atoms with van der Waals surface area (Å²) in [7, 11) is 0. The highest BCUT2D eigenvalue weighted by atomic mass is 16.3. The van der Waals surface area contributed by atoms with Gasteiger partial charge in [0.05, 0.1) is 13.5 Å². The van der Waals surface area contributed by atoms with Gasteiger partial charge < -0.3 is 5.11 Å². The van der Waals surface area contributed by atoms with Crippen molar-refractivity contribution in [3.8, 4) is 0 Å². The second-order valence-electron chi connectivity index (χ2n) is 2.43. The van der Waals surface area contributed by atoms with Crippen molar-refractivity contribution >= 4 is 10.9 Å². The van der Waals surface area contributed by atoms with Crippen LogP contribution in [-0.2, 0) is 6.58 Å². The van der Waals surface area contributed by atoms with Gasteiger partial charge in [0.25, 0.3) is 0 Å². The molecular weight excluding hydrogens is 152 g/mol. The molecule has 0 bridgehead atoms. The number of fused-ring (bicyclic) bond motifs is 1. The molecule has 2 heterocycles. The van der Waals surface area contributed by atoms with E-state index in [2.05, 4.69) is 9.97 Å². The summed E-state index contributed by atoms with van der Waals surface area (Å²) < 4.78 is 7.18. The zero-order valence-corrected chi connectivity index (χ0v) is 6.31. The quantitative estimate of drug-likeness (QED) is 0.681. The van der Waals surface area contributed by atoms with Crippen LogP contribution in [0.25, 0.3) is 10.9 Å². The minimum atomic E-state index is -1.27. The Morgan fingerprint density at radius 2 is 2.42 bits per heavy atom. The molecule has 1 atom stereocenters. The molecule has 2 aromatic heterocycles. The molecule has 0 saturated heterocycles. The summed E-state index contributed by atoms with van der Waals surface area (Å²) in [6, 6.07) is 3.64. The van der Waals surface area contributed by atoms with Crippen molar-refractivity contribution in [3.05, 3.63) is 36.3 Å². The van der Waals surface area contributed by atoms with Crippen molar-refractivity contribution in [2.24, 2.45) is 0 Å². The first-order valence-corrected chi connectivity index (χ1v) is 3.58. The van der Waals surface area contributed by atoms with Crippen molar-refractivity contribution < 1.29 is 6.48 Å². The molecule has 60 valence electrons. The lowest BCUT2D eigenvalue weighted by molar-refractivity contribution is 0.282. The Balaban J connectivity index is 2.76. The van der Waals surface area contributed by atoms with E-state index in [0.29, 0.717) is 11.1 Å². The summed E-state index contributed by atoms with van der Waals surface area (Å²) in [4.78, 5) is 8.00. The number of hydrogen-bond acceptors (Lipinski definition) is 3. The maximum atomic E-state index is 9.11. The molecule has 0 aliphatic rings. The first-order valence-electron chi connectivity index (χ1n) is 4.16. The van der Waals surface area contributed by atoms with E-state index in [-0.39, 0.29) is 0 Å². The molecule has 2 aromatic rings. The highest BCUT2D eigenvalue weighted by molar-refractivity contribution is 5.80. The van der Waals surface area contributed by atoms with Gasteiger partial charge in [-0.3, -0.25) is 9.97 Å². The van der Waals surface area contributed by atoms with Gasteiger partial charge in [0.1, 0.15) is 0 Å². The minimum Gasteiger partial charge on any atom is -0.392 e. The van der Waals surface area contributed by atoms with Crippen LogP contribution in [-0.4, -0.2) is 15.1 Å². The molecule has 0 spiro atoms. The lowest BCUT2D eigenvalue weighted by Gasteiger charge is -1.99. The van der Waals surface area contributed by atoms with E-state index in [9.17, 15) is 0 Å². The number of pyridine rings is 2. The van der Waals surface area contributed by atoms with Gasteiger partial charge in [-0.05, 0) is 12.1 Å². The average molecular weight is 161 g/mol. The highest BCUT2D eigenvalue weighted by Gasteiger charge is 1.99. The molecule has 2 rings (SSSR count). The molecule has 0 saturated carbocycles. The molecule has 0 radical (unpaired) electrons. The van der Waals surface area contributed by atoms with Crippen LogP contribution in [0.4, 0.5) is 0 Å². The first kappa shape index (κ1) is 6.08. The van der Waals surface area contributed by atoms with Crippen LogP contribution in [0.5, 0.6) is 0 Å². The summed E-state index contributed by atoms with van der Waals surface area (Å²) in [5.74, 6) is 0. The number of hydrogen-bond donors (Lipinski definition) is 1. The molecule has 0 unspecified atom stereocenters. The maximum absolute atomic E-state index is 9.11. The van der Waals surface area contributed by atoms with E-state index < -0.39 is 6.58 Å². The highest BCUT2D eigenvalue weighted by Crippen LogP contribution is 2.13. The van der Waals surface area contributed by atoms with E-state index >= 15 is 0 Å². The summed E-state index contributed by atoms with van der Waals surface area (Å²) in [5, 5.41) is 9.95. The Kier molecular flexibility index (Phi) is 1.45. The van der Waals surface area contributed by atoms with Crippen molar-refractivity contribution in [1.29, 1.82) is 0 Å². The number of aliphatic hydroxyl groups is 1. The van der Waals surface area contributed by atoms with Gasteiger partial charge in [-0.15, -0.1) is 0 Å². The van der Waals surface area contributed by atoms with Crippen molar-refractivity contribution in [2.45, 2.75) is 6.58 Å². The van der Waals surface area contributed by atoms with E-state index in [1.54, 1.807) is 18.5 Å². The maximum Gasteiger partial charge on any atom is 0.0787 e. The number of rotatable bonds is 1. The van der Waals surface area contributed by atoms with Crippen LogP contribution in [0.15, 0.2) is 30.7 Å². The van der Waals surface area contributed by atoms with Crippen LogP contribution in [0.2, 0.25) is 0 Å². The van der Waals surface area contributed by atoms with Gasteiger partial charge >= 0.3 is 0 Å². The Labute approximate surface area is 71.1 Å². The van der Waals surface area contributed by atoms with Crippen molar-refractivity contribution in [2.75, 3.05) is 0 Å². The SMILES string of the molecule is [2H][C@H](O)c1cncc2cccnc12. The zero-order chi connectivity index (χ0) is 9.26. The summed E-state index contributed by atoms with van der Waals surface area (Å²) in [6.07, 6.45) is 4.76. The van der Waals surface area contributed by atoms with Crippen molar-refractivity contribution in [1.82, 2.24) is 9.97 Å². The molecular formula is C9H8N2O. The predicted octanol–water partition coefficient (Wildman–Crippen LogP) is 1.12. The topological polar surface area (TPSA) is 46.0 Å². The molecule has 3 heteroatoms. The van der Waals surface area contributed by atoms with Gasteiger partial charge in [-0.1, -0.05) is 0 Å². The van der Waals surface area contributed by atoms with Gasteiger partial charge in [-0.2, -0.15) is 0 Å². The zero-order valence-electron chi connectivity index (χ0n) is 7.31. The van der Waals surface area contributed by atoms with Gasteiger partial charge in [0.2, 0.25) is 0 Å². The summed E-state index contributed by atoms with van der Waals surface area (Å²) in [5.41, 5.74) is 1.08.